The van der Waals surface area contributed by atoms with Gasteiger partial charge in [-0.3, -0.25) is 9.88 Å². The number of nitrogens with zero attached hydrogens (tertiary/aromatic N) is 3. The van der Waals surface area contributed by atoms with Crippen LogP contribution in [0, 0.1) is 0 Å². The van der Waals surface area contributed by atoms with Crippen LogP contribution >= 0.6 is 0 Å². The molecule has 0 bridgehead atoms. The lowest BCUT2D eigenvalue weighted by atomic mass is 9.93. The summed E-state index contributed by atoms with van der Waals surface area (Å²) in [6, 6.07) is 16.4. The Morgan fingerprint density at radius 3 is 2.68 bits per heavy atom. The van der Waals surface area contributed by atoms with Gasteiger partial charge in [0.25, 0.3) is 0 Å². The first-order chi connectivity index (χ1) is 15.1. The van der Waals surface area contributed by atoms with E-state index in [1.165, 1.54) is 17.5 Å². The van der Waals surface area contributed by atoms with E-state index in [9.17, 15) is 8.42 Å². The first kappa shape index (κ1) is 20.6. The summed E-state index contributed by atoms with van der Waals surface area (Å²) in [6.07, 6.45) is 5.93. The van der Waals surface area contributed by atoms with Crippen molar-refractivity contribution in [3.63, 3.8) is 0 Å². The number of aromatic nitrogens is 1. The quantitative estimate of drug-likeness (QED) is 0.559. The Labute approximate surface area is 184 Å². The van der Waals surface area contributed by atoms with Crippen LogP contribution in [-0.2, 0) is 22.9 Å². The molecule has 3 aromatic rings. The van der Waals surface area contributed by atoms with Gasteiger partial charge >= 0.3 is 0 Å². The van der Waals surface area contributed by atoms with E-state index in [2.05, 4.69) is 28.1 Å². The molecule has 31 heavy (non-hydrogen) atoms. The lowest BCUT2D eigenvalue weighted by Crippen LogP contribution is -2.38. The monoisotopic (exact) mass is 435 g/mol. The molecule has 0 radical (unpaired) electrons. The van der Waals surface area contributed by atoms with Gasteiger partial charge in [0, 0.05) is 43.8 Å². The van der Waals surface area contributed by atoms with Crippen LogP contribution in [0.15, 0.2) is 59.6 Å². The average molecular weight is 436 g/mol. The molecule has 5 rings (SSSR count). The second-order valence-corrected chi connectivity index (χ2v) is 10.4. The zero-order chi connectivity index (χ0) is 21.4. The summed E-state index contributed by atoms with van der Waals surface area (Å²) >= 11 is 0. The summed E-state index contributed by atoms with van der Waals surface area (Å²) in [5.74, 6) is 0. The van der Waals surface area contributed by atoms with Crippen molar-refractivity contribution in [2.24, 2.45) is 0 Å². The van der Waals surface area contributed by atoms with Gasteiger partial charge in [-0.2, -0.15) is 4.31 Å². The molecule has 1 aliphatic heterocycles. The van der Waals surface area contributed by atoms with Crippen molar-refractivity contribution in [3.05, 3.63) is 71.4 Å². The van der Waals surface area contributed by atoms with Gasteiger partial charge < -0.3 is 0 Å². The van der Waals surface area contributed by atoms with Crippen LogP contribution in [0.1, 0.15) is 42.5 Å². The molecular formula is C25H29N3O2S. The van der Waals surface area contributed by atoms with Crippen LogP contribution in [0.4, 0.5) is 0 Å². The van der Waals surface area contributed by atoms with Gasteiger partial charge in [-0.15, -0.1) is 0 Å². The predicted octanol–water partition coefficient (Wildman–Crippen LogP) is 4.18. The Morgan fingerprint density at radius 2 is 1.84 bits per heavy atom. The summed E-state index contributed by atoms with van der Waals surface area (Å²) in [4.78, 5) is 7.23. The Kier molecular flexibility index (Phi) is 5.54. The molecule has 2 aromatic carbocycles. The summed E-state index contributed by atoms with van der Waals surface area (Å²) in [5.41, 5.74) is 5.12. The van der Waals surface area contributed by atoms with E-state index in [-0.39, 0.29) is 0 Å². The third kappa shape index (κ3) is 3.67. The van der Waals surface area contributed by atoms with Crippen molar-refractivity contribution in [3.8, 4) is 0 Å². The number of rotatable bonds is 7. The van der Waals surface area contributed by atoms with E-state index in [1.54, 1.807) is 28.2 Å². The van der Waals surface area contributed by atoms with E-state index in [4.69, 9.17) is 0 Å². The predicted molar refractivity (Wildman–Crippen MR) is 124 cm³/mol. The Hall–Kier alpha value is -2.28. The molecule has 0 saturated heterocycles. The van der Waals surface area contributed by atoms with Crippen molar-refractivity contribution < 1.29 is 8.42 Å². The maximum absolute atomic E-state index is 13.4. The molecular weight excluding hydrogens is 406 g/mol. The fourth-order valence-electron chi connectivity index (χ4n) is 5.34. The molecule has 2 aliphatic rings. The molecule has 0 spiro atoms. The lowest BCUT2D eigenvalue weighted by Gasteiger charge is -2.35. The SMILES string of the molecule is CCN(CCCN1CCc2cccc3c2C1CC3)S(=O)(=O)c1cccc2cccnc12. The van der Waals surface area contributed by atoms with Crippen molar-refractivity contribution in [2.75, 3.05) is 26.2 Å². The van der Waals surface area contributed by atoms with Gasteiger partial charge in [-0.05, 0) is 54.5 Å². The molecule has 1 unspecified atom stereocenters. The highest BCUT2D eigenvalue weighted by molar-refractivity contribution is 7.89. The minimum absolute atomic E-state index is 0.305. The largest absolute Gasteiger partial charge is 0.296 e. The molecule has 0 fully saturated rings. The van der Waals surface area contributed by atoms with Gasteiger partial charge in [-0.1, -0.05) is 43.3 Å². The second kappa shape index (κ2) is 8.34. The van der Waals surface area contributed by atoms with Crippen LogP contribution in [0.25, 0.3) is 10.9 Å². The third-order valence-corrected chi connectivity index (χ3v) is 8.84. The van der Waals surface area contributed by atoms with E-state index in [1.807, 2.05) is 25.1 Å². The molecule has 0 amide bonds. The maximum Gasteiger partial charge on any atom is 0.245 e. The number of para-hydroxylation sites is 1. The zero-order valence-electron chi connectivity index (χ0n) is 18.0. The molecule has 0 N–H and O–H groups in total. The number of benzene rings is 2. The highest BCUT2D eigenvalue weighted by Crippen LogP contribution is 2.41. The summed E-state index contributed by atoms with van der Waals surface area (Å²) in [6.45, 7) is 4.89. The van der Waals surface area contributed by atoms with E-state index in [0.29, 0.717) is 29.5 Å². The summed E-state index contributed by atoms with van der Waals surface area (Å²) < 4.78 is 28.5. The highest BCUT2D eigenvalue weighted by atomic mass is 32.2. The number of pyridine rings is 1. The summed E-state index contributed by atoms with van der Waals surface area (Å²) in [5, 5.41) is 0.851. The van der Waals surface area contributed by atoms with Crippen LogP contribution in [0.2, 0.25) is 0 Å². The van der Waals surface area contributed by atoms with E-state index < -0.39 is 10.0 Å². The number of fused-ring (bicyclic) bond motifs is 1. The van der Waals surface area contributed by atoms with Crippen LogP contribution in [0.5, 0.6) is 0 Å². The van der Waals surface area contributed by atoms with Crippen LogP contribution in [0.3, 0.4) is 0 Å². The van der Waals surface area contributed by atoms with Gasteiger partial charge in [0.05, 0.1) is 5.52 Å². The third-order valence-electron chi connectivity index (χ3n) is 6.84. The minimum Gasteiger partial charge on any atom is -0.296 e. The molecule has 1 aliphatic carbocycles. The molecule has 1 aromatic heterocycles. The van der Waals surface area contributed by atoms with Crippen molar-refractivity contribution >= 4 is 20.9 Å². The van der Waals surface area contributed by atoms with Crippen LogP contribution < -0.4 is 0 Å². The first-order valence-electron chi connectivity index (χ1n) is 11.3. The topological polar surface area (TPSA) is 53.5 Å². The maximum atomic E-state index is 13.4. The molecule has 2 heterocycles. The number of sulfonamides is 1. The van der Waals surface area contributed by atoms with E-state index >= 15 is 0 Å². The number of hydrogen-bond acceptors (Lipinski definition) is 4. The smallest absolute Gasteiger partial charge is 0.245 e. The summed E-state index contributed by atoms with van der Waals surface area (Å²) in [7, 11) is -3.59. The van der Waals surface area contributed by atoms with E-state index in [0.717, 1.165) is 37.7 Å². The Bertz CT molecular complexity index is 1200. The standard InChI is InChI=1S/C25H29N3O2S/c1-2-28(31(29,30)23-11-4-9-21-10-5-15-26-25(21)23)17-6-16-27-18-14-20-8-3-7-19-12-13-22(27)24(19)20/h3-5,7-11,15,22H,2,6,12-14,16-18H2,1H3. The lowest BCUT2D eigenvalue weighted by molar-refractivity contribution is 0.179. The molecule has 162 valence electrons. The molecule has 1 atom stereocenters. The van der Waals surface area contributed by atoms with Gasteiger partial charge in [0.2, 0.25) is 10.0 Å². The number of aryl methyl sites for hydroxylation is 1. The zero-order valence-corrected chi connectivity index (χ0v) is 18.8. The van der Waals surface area contributed by atoms with Crippen molar-refractivity contribution in [1.29, 1.82) is 0 Å². The Morgan fingerprint density at radius 1 is 1.06 bits per heavy atom. The highest BCUT2D eigenvalue weighted by Gasteiger charge is 2.33. The average Bonchev–Trinajstić information content (AvgIpc) is 3.23. The first-order valence-corrected chi connectivity index (χ1v) is 12.7. The fourth-order valence-corrected chi connectivity index (χ4v) is 6.99. The van der Waals surface area contributed by atoms with Crippen molar-refractivity contribution in [2.45, 2.75) is 43.5 Å². The van der Waals surface area contributed by atoms with Crippen LogP contribution in [-0.4, -0.2) is 48.8 Å². The fraction of sp³-hybridized carbons (Fsp3) is 0.400. The minimum atomic E-state index is -3.59. The molecule has 5 nitrogen and oxygen atoms in total. The van der Waals surface area contributed by atoms with Crippen molar-refractivity contribution in [1.82, 2.24) is 14.2 Å². The van der Waals surface area contributed by atoms with Gasteiger partial charge in [-0.25, -0.2) is 8.42 Å². The Balaban J connectivity index is 1.30. The van der Waals surface area contributed by atoms with Gasteiger partial charge in [0.1, 0.15) is 4.90 Å². The number of hydrogen-bond donors (Lipinski definition) is 0. The molecule has 0 saturated carbocycles. The normalized spacial score (nSPS) is 18.6. The molecule has 6 heteroatoms. The van der Waals surface area contributed by atoms with Gasteiger partial charge in [0.15, 0.2) is 0 Å². The second-order valence-electron chi connectivity index (χ2n) is 8.51.